The van der Waals surface area contributed by atoms with Crippen LogP contribution in [0.2, 0.25) is 36.3 Å². The van der Waals surface area contributed by atoms with E-state index in [0.717, 1.165) is 18.4 Å². The van der Waals surface area contributed by atoms with Gasteiger partial charge in [0.2, 0.25) is 0 Å². The molecule has 1 aromatic rings. The minimum atomic E-state index is -1.89. The van der Waals surface area contributed by atoms with Crippen LogP contribution in [-0.2, 0) is 8.85 Å². The molecular formula is C27H46O2Si2. The van der Waals surface area contributed by atoms with Crippen LogP contribution in [0.15, 0.2) is 43.0 Å². The Hall–Kier alpha value is -1.13. The van der Waals surface area contributed by atoms with Crippen LogP contribution in [-0.4, -0.2) is 29.8 Å². The van der Waals surface area contributed by atoms with Gasteiger partial charge in [0.05, 0.1) is 0 Å². The van der Waals surface area contributed by atoms with E-state index >= 15 is 0 Å². The monoisotopic (exact) mass is 458 g/mol. The molecule has 0 heterocycles. The Labute approximate surface area is 195 Å². The molecular weight excluding hydrogens is 412 g/mol. The average Bonchev–Trinajstić information content (AvgIpc) is 2.64. The molecule has 0 N–H and O–H groups in total. The predicted octanol–water partition coefficient (Wildman–Crippen LogP) is 8.03. The molecule has 0 radical (unpaired) electrons. The fraction of sp³-hybridized carbons (Fsp3) is 0.630. The van der Waals surface area contributed by atoms with Gasteiger partial charge >= 0.3 is 0 Å². The highest BCUT2D eigenvalue weighted by atomic mass is 28.4. The van der Waals surface area contributed by atoms with E-state index in [1.165, 1.54) is 0 Å². The van der Waals surface area contributed by atoms with E-state index < -0.39 is 16.6 Å². The smallest absolute Gasteiger partial charge is 0.192 e. The van der Waals surface area contributed by atoms with Gasteiger partial charge in [-0.3, -0.25) is 0 Å². The lowest BCUT2D eigenvalue weighted by molar-refractivity contribution is 0.0708. The maximum atomic E-state index is 6.72. The number of hydrogen-bond acceptors (Lipinski definition) is 2. The molecule has 0 atom stereocenters. The van der Waals surface area contributed by atoms with Crippen molar-refractivity contribution in [3.8, 4) is 11.8 Å². The SMILES string of the molecule is C=CCC(CC#Cc1ccccc1)(CO[Si](C)(C)C(C)(C)C)CO[Si](C)(C)C(C)(C)C. The molecule has 0 aromatic heterocycles. The molecule has 174 valence electrons. The van der Waals surface area contributed by atoms with Gasteiger partial charge in [-0.25, -0.2) is 0 Å². The molecule has 0 spiro atoms. The van der Waals surface area contributed by atoms with Crippen LogP contribution in [0.3, 0.4) is 0 Å². The number of rotatable bonds is 9. The first-order valence-electron chi connectivity index (χ1n) is 11.5. The lowest BCUT2D eigenvalue weighted by Gasteiger charge is -2.43. The summed E-state index contributed by atoms with van der Waals surface area (Å²) in [6.45, 7) is 28.4. The minimum absolute atomic E-state index is 0.170. The minimum Gasteiger partial charge on any atom is -0.416 e. The molecule has 0 amide bonds. The molecule has 0 aliphatic heterocycles. The van der Waals surface area contributed by atoms with Crippen molar-refractivity contribution in [3.63, 3.8) is 0 Å². The molecule has 0 bridgehead atoms. The van der Waals surface area contributed by atoms with Crippen molar-refractivity contribution in [2.75, 3.05) is 13.2 Å². The van der Waals surface area contributed by atoms with Crippen molar-refractivity contribution in [1.82, 2.24) is 0 Å². The van der Waals surface area contributed by atoms with Crippen molar-refractivity contribution in [1.29, 1.82) is 0 Å². The van der Waals surface area contributed by atoms with Crippen molar-refractivity contribution in [3.05, 3.63) is 48.6 Å². The summed E-state index contributed by atoms with van der Waals surface area (Å²) in [6, 6.07) is 10.2. The number of allylic oxidation sites excluding steroid dienone is 1. The molecule has 31 heavy (non-hydrogen) atoms. The van der Waals surface area contributed by atoms with Crippen LogP contribution >= 0.6 is 0 Å². The summed E-state index contributed by atoms with van der Waals surface area (Å²) in [7, 11) is -3.77. The molecule has 2 nitrogen and oxygen atoms in total. The first-order valence-corrected chi connectivity index (χ1v) is 17.3. The van der Waals surface area contributed by atoms with Crippen LogP contribution in [0, 0.1) is 17.3 Å². The van der Waals surface area contributed by atoms with E-state index in [1.807, 2.05) is 24.3 Å². The Morgan fingerprint density at radius 2 is 1.29 bits per heavy atom. The normalized spacial score (nSPS) is 13.5. The van der Waals surface area contributed by atoms with Gasteiger partial charge in [0.25, 0.3) is 0 Å². The standard InChI is InChI=1S/C27H46O2Si2/c1-12-20-27(22-28-30(8,9)25(2,3)4,23-29-31(10,11)26(5,6)7)21-16-19-24-17-14-13-15-18-24/h12-15,17-18H,1,20-23H2,2-11H3. The Bertz CT molecular complexity index is 726. The molecule has 0 unspecified atom stereocenters. The van der Waals surface area contributed by atoms with Crippen molar-refractivity contribution >= 4 is 16.6 Å². The molecule has 0 saturated heterocycles. The van der Waals surface area contributed by atoms with Gasteiger partial charge in [0.1, 0.15) is 0 Å². The zero-order chi connectivity index (χ0) is 24.0. The molecule has 0 saturated carbocycles. The fourth-order valence-corrected chi connectivity index (χ4v) is 4.80. The second-order valence-electron chi connectivity index (χ2n) is 11.9. The summed E-state index contributed by atoms with van der Waals surface area (Å²) >= 11 is 0. The molecule has 1 rings (SSSR count). The summed E-state index contributed by atoms with van der Waals surface area (Å²) in [5.41, 5.74) is 0.861. The second kappa shape index (κ2) is 10.7. The molecule has 0 fully saturated rings. The maximum Gasteiger partial charge on any atom is 0.192 e. The third-order valence-electron chi connectivity index (χ3n) is 7.14. The van der Waals surface area contributed by atoms with Crippen LogP contribution in [0.1, 0.15) is 59.9 Å². The summed E-state index contributed by atoms with van der Waals surface area (Å²) < 4.78 is 13.4. The van der Waals surface area contributed by atoms with E-state index in [2.05, 4.69) is 98.3 Å². The fourth-order valence-electron chi connectivity index (χ4n) is 2.60. The Kier molecular flexibility index (Phi) is 9.60. The van der Waals surface area contributed by atoms with E-state index in [1.54, 1.807) is 0 Å². The van der Waals surface area contributed by atoms with Crippen LogP contribution in [0.25, 0.3) is 0 Å². The topological polar surface area (TPSA) is 18.5 Å². The van der Waals surface area contributed by atoms with Gasteiger partial charge in [-0.2, -0.15) is 0 Å². The third kappa shape index (κ3) is 8.38. The summed E-state index contributed by atoms with van der Waals surface area (Å²) in [6.07, 6.45) is 3.57. The quantitative estimate of drug-likeness (QED) is 0.212. The average molecular weight is 459 g/mol. The Morgan fingerprint density at radius 3 is 1.68 bits per heavy atom. The van der Waals surface area contributed by atoms with E-state index in [4.69, 9.17) is 8.85 Å². The first kappa shape index (κ1) is 27.9. The molecule has 0 aliphatic rings. The summed E-state index contributed by atoms with van der Waals surface area (Å²) in [5.74, 6) is 6.79. The zero-order valence-corrected chi connectivity index (χ0v) is 23.8. The van der Waals surface area contributed by atoms with Crippen molar-refractivity contribution < 1.29 is 8.85 Å². The highest BCUT2D eigenvalue weighted by Crippen LogP contribution is 2.41. The molecule has 1 aromatic carbocycles. The highest BCUT2D eigenvalue weighted by molar-refractivity contribution is 6.74. The van der Waals surface area contributed by atoms with Crippen molar-refractivity contribution in [2.24, 2.45) is 5.41 Å². The second-order valence-corrected chi connectivity index (χ2v) is 21.6. The van der Waals surface area contributed by atoms with Gasteiger partial charge in [0, 0.05) is 30.6 Å². The first-order chi connectivity index (χ1) is 14.1. The van der Waals surface area contributed by atoms with Crippen LogP contribution < -0.4 is 0 Å². The maximum absolute atomic E-state index is 6.72. The Morgan fingerprint density at radius 1 is 0.839 bits per heavy atom. The lowest BCUT2D eigenvalue weighted by atomic mass is 9.83. The predicted molar refractivity (Wildman–Crippen MR) is 141 cm³/mol. The zero-order valence-electron chi connectivity index (χ0n) is 21.8. The van der Waals surface area contributed by atoms with Gasteiger partial charge < -0.3 is 8.85 Å². The van der Waals surface area contributed by atoms with Gasteiger partial charge in [-0.1, -0.05) is 77.7 Å². The van der Waals surface area contributed by atoms with E-state index in [0.29, 0.717) is 13.2 Å². The third-order valence-corrected chi connectivity index (χ3v) is 16.1. The van der Waals surface area contributed by atoms with Crippen LogP contribution in [0.4, 0.5) is 0 Å². The van der Waals surface area contributed by atoms with E-state index in [9.17, 15) is 0 Å². The number of benzene rings is 1. The van der Waals surface area contributed by atoms with E-state index in [-0.39, 0.29) is 15.5 Å². The largest absolute Gasteiger partial charge is 0.416 e. The molecule has 0 aliphatic carbocycles. The highest BCUT2D eigenvalue weighted by Gasteiger charge is 2.43. The van der Waals surface area contributed by atoms with Gasteiger partial charge in [0.15, 0.2) is 16.6 Å². The van der Waals surface area contributed by atoms with Crippen molar-refractivity contribution in [2.45, 2.75) is 90.6 Å². The summed E-state index contributed by atoms with van der Waals surface area (Å²) in [4.78, 5) is 0. The van der Waals surface area contributed by atoms with Crippen LogP contribution in [0.5, 0.6) is 0 Å². The van der Waals surface area contributed by atoms with Gasteiger partial charge in [-0.15, -0.1) is 6.58 Å². The van der Waals surface area contributed by atoms with Gasteiger partial charge in [-0.05, 0) is 54.8 Å². The Balaban J connectivity index is 3.19. The summed E-state index contributed by atoms with van der Waals surface area (Å²) in [5, 5.41) is 0.339. The molecule has 4 heteroatoms. The number of hydrogen-bond donors (Lipinski definition) is 0. The lowest BCUT2D eigenvalue weighted by Crippen LogP contribution is -2.48.